The minimum atomic E-state index is -4.43. The van der Waals surface area contributed by atoms with Crippen LogP contribution in [0, 0.1) is 6.92 Å². The summed E-state index contributed by atoms with van der Waals surface area (Å²) in [6.45, 7) is 2.54. The SMILES string of the molecule is Cc1cc(C(F)(F)F)ccc1NC(=O)N1CCC[C@@H]1c1ncnn1Cc1ccc(Cl)cc1. The summed E-state index contributed by atoms with van der Waals surface area (Å²) in [5.41, 5.74) is 0.934. The first kappa shape index (κ1) is 22.1. The molecule has 32 heavy (non-hydrogen) atoms. The first-order valence-electron chi connectivity index (χ1n) is 10.1. The second kappa shape index (κ2) is 8.82. The van der Waals surface area contributed by atoms with Crippen LogP contribution < -0.4 is 5.32 Å². The van der Waals surface area contributed by atoms with Gasteiger partial charge in [0.05, 0.1) is 18.2 Å². The molecule has 1 N–H and O–H groups in total. The van der Waals surface area contributed by atoms with Gasteiger partial charge in [0, 0.05) is 17.3 Å². The first-order valence-corrected chi connectivity index (χ1v) is 10.5. The molecule has 0 unspecified atom stereocenters. The molecule has 0 radical (unpaired) electrons. The second-order valence-corrected chi connectivity index (χ2v) is 8.15. The highest BCUT2D eigenvalue weighted by Gasteiger charge is 2.34. The van der Waals surface area contributed by atoms with Crippen LogP contribution in [0.5, 0.6) is 0 Å². The fourth-order valence-electron chi connectivity index (χ4n) is 3.86. The van der Waals surface area contributed by atoms with Crippen molar-refractivity contribution in [2.24, 2.45) is 0 Å². The molecule has 1 aliphatic rings. The predicted molar refractivity (Wildman–Crippen MR) is 114 cm³/mol. The van der Waals surface area contributed by atoms with E-state index in [4.69, 9.17) is 11.6 Å². The number of amides is 2. The van der Waals surface area contributed by atoms with Crippen LogP contribution in [0.15, 0.2) is 48.8 Å². The molecule has 168 valence electrons. The molecule has 0 spiro atoms. The number of hydrogen-bond acceptors (Lipinski definition) is 3. The van der Waals surface area contributed by atoms with Gasteiger partial charge in [-0.1, -0.05) is 23.7 Å². The van der Waals surface area contributed by atoms with Crippen molar-refractivity contribution in [3.63, 3.8) is 0 Å². The van der Waals surface area contributed by atoms with Crippen molar-refractivity contribution in [2.45, 2.75) is 38.5 Å². The number of nitrogens with zero attached hydrogens (tertiary/aromatic N) is 4. The summed E-state index contributed by atoms with van der Waals surface area (Å²) in [4.78, 5) is 19.0. The molecule has 6 nitrogen and oxygen atoms in total. The topological polar surface area (TPSA) is 63.1 Å². The van der Waals surface area contributed by atoms with Gasteiger partial charge in [-0.2, -0.15) is 18.3 Å². The molecule has 2 heterocycles. The van der Waals surface area contributed by atoms with Crippen LogP contribution in [-0.4, -0.2) is 32.2 Å². The smallest absolute Gasteiger partial charge is 0.314 e. The lowest BCUT2D eigenvalue weighted by atomic mass is 10.1. The molecular weight excluding hydrogens is 443 g/mol. The average Bonchev–Trinajstić information content (AvgIpc) is 3.39. The standard InChI is InChI=1S/C22H21ClF3N5O/c1-14-11-16(22(24,25)26)6-9-18(14)29-21(32)30-10-2-3-19(30)20-27-13-28-31(20)12-15-4-7-17(23)8-5-15/h4-9,11,13,19H,2-3,10,12H2,1H3,(H,29,32)/t19-/m1/s1. The predicted octanol–water partition coefficient (Wildman–Crippen LogP) is 5.68. The zero-order valence-electron chi connectivity index (χ0n) is 17.2. The van der Waals surface area contributed by atoms with E-state index in [0.29, 0.717) is 35.2 Å². The fourth-order valence-corrected chi connectivity index (χ4v) is 3.99. The number of alkyl halides is 3. The van der Waals surface area contributed by atoms with Crippen LogP contribution in [0.1, 0.15) is 41.4 Å². The maximum Gasteiger partial charge on any atom is 0.416 e. The summed E-state index contributed by atoms with van der Waals surface area (Å²) >= 11 is 5.95. The quantitative estimate of drug-likeness (QED) is 0.541. The van der Waals surface area contributed by atoms with Crippen LogP contribution in [0.25, 0.3) is 0 Å². The van der Waals surface area contributed by atoms with Gasteiger partial charge in [0.1, 0.15) is 12.2 Å². The van der Waals surface area contributed by atoms with Crippen molar-refractivity contribution >= 4 is 23.3 Å². The van der Waals surface area contributed by atoms with Crippen molar-refractivity contribution in [1.82, 2.24) is 19.7 Å². The van der Waals surface area contributed by atoms with E-state index in [1.807, 2.05) is 12.1 Å². The van der Waals surface area contributed by atoms with Crippen molar-refractivity contribution < 1.29 is 18.0 Å². The van der Waals surface area contributed by atoms with Gasteiger partial charge in [-0.25, -0.2) is 14.5 Å². The van der Waals surface area contributed by atoms with Gasteiger partial charge in [-0.3, -0.25) is 0 Å². The number of rotatable bonds is 4. The highest BCUT2D eigenvalue weighted by Crippen LogP contribution is 2.34. The van der Waals surface area contributed by atoms with Gasteiger partial charge in [0.25, 0.3) is 0 Å². The molecule has 3 aromatic rings. The third-order valence-electron chi connectivity index (χ3n) is 5.50. The van der Waals surface area contributed by atoms with E-state index in [2.05, 4.69) is 15.4 Å². The van der Waals surface area contributed by atoms with Crippen molar-refractivity contribution in [2.75, 3.05) is 11.9 Å². The Labute approximate surface area is 188 Å². The Balaban J connectivity index is 1.50. The Morgan fingerprint density at radius 3 is 2.66 bits per heavy atom. The van der Waals surface area contributed by atoms with Crippen molar-refractivity contribution in [3.8, 4) is 0 Å². The number of aryl methyl sites for hydroxylation is 1. The molecule has 0 aliphatic carbocycles. The largest absolute Gasteiger partial charge is 0.416 e. The molecule has 2 amide bonds. The Kier molecular flexibility index (Phi) is 6.10. The maximum absolute atomic E-state index is 13.0. The lowest BCUT2D eigenvalue weighted by Crippen LogP contribution is -2.35. The van der Waals surface area contributed by atoms with E-state index in [1.54, 1.807) is 21.7 Å². The van der Waals surface area contributed by atoms with E-state index in [0.717, 1.165) is 30.5 Å². The van der Waals surface area contributed by atoms with Gasteiger partial charge in [0.15, 0.2) is 0 Å². The molecule has 1 aliphatic heterocycles. The Hall–Kier alpha value is -3.07. The number of urea groups is 1. The lowest BCUT2D eigenvalue weighted by Gasteiger charge is -2.25. The summed E-state index contributed by atoms with van der Waals surface area (Å²) < 4.78 is 40.5. The molecule has 10 heteroatoms. The molecular formula is C22H21ClF3N5O. The molecule has 1 saturated heterocycles. The number of likely N-dealkylation sites (tertiary alicyclic amines) is 1. The van der Waals surface area contributed by atoms with E-state index < -0.39 is 11.7 Å². The zero-order valence-corrected chi connectivity index (χ0v) is 18.0. The number of anilines is 1. The fraction of sp³-hybridized carbons (Fsp3) is 0.318. The number of aromatic nitrogens is 3. The molecule has 1 aromatic heterocycles. The minimum absolute atomic E-state index is 0.278. The van der Waals surface area contributed by atoms with Crippen LogP contribution in [0.2, 0.25) is 5.02 Å². The monoisotopic (exact) mass is 463 g/mol. The van der Waals surface area contributed by atoms with Crippen LogP contribution >= 0.6 is 11.6 Å². The average molecular weight is 464 g/mol. The van der Waals surface area contributed by atoms with E-state index in [-0.39, 0.29) is 12.1 Å². The van der Waals surface area contributed by atoms with Gasteiger partial charge in [-0.05, 0) is 61.2 Å². The Morgan fingerprint density at radius 1 is 1.22 bits per heavy atom. The molecule has 4 rings (SSSR count). The van der Waals surface area contributed by atoms with Crippen molar-refractivity contribution in [3.05, 3.63) is 76.3 Å². The van der Waals surface area contributed by atoms with E-state index in [9.17, 15) is 18.0 Å². The zero-order chi connectivity index (χ0) is 22.9. The van der Waals surface area contributed by atoms with Crippen LogP contribution in [0.4, 0.5) is 23.7 Å². The Morgan fingerprint density at radius 2 is 1.97 bits per heavy atom. The lowest BCUT2D eigenvalue weighted by molar-refractivity contribution is -0.137. The van der Waals surface area contributed by atoms with Crippen molar-refractivity contribution in [1.29, 1.82) is 0 Å². The number of carbonyl (C=O) groups is 1. The molecule has 1 atom stereocenters. The first-order chi connectivity index (χ1) is 15.2. The third kappa shape index (κ3) is 4.72. The third-order valence-corrected chi connectivity index (χ3v) is 5.75. The summed E-state index contributed by atoms with van der Waals surface area (Å²) in [6.07, 6.45) is -1.46. The van der Waals surface area contributed by atoms with Gasteiger partial charge >= 0.3 is 12.2 Å². The normalized spacial score (nSPS) is 16.4. The summed E-state index contributed by atoms with van der Waals surface area (Å²) in [6, 6.07) is 10.0. The highest BCUT2D eigenvalue weighted by molar-refractivity contribution is 6.30. The molecule has 0 saturated carbocycles. The number of halogens is 4. The van der Waals surface area contributed by atoms with E-state index >= 15 is 0 Å². The second-order valence-electron chi connectivity index (χ2n) is 7.71. The summed E-state index contributed by atoms with van der Waals surface area (Å²) in [7, 11) is 0. The van der Waals surface area contributed by atoms with Crippen LogP contribution in [0.3, 0.4) is 0 Å². The van der Waals surface area contributed by atoms with Gasteiger partial charge in [0.2, 0.25) is 0 Å². The molecule has 0 bridgehead atoms. The number of hydrogen-bond donors (Lipinski definition) is 1. The maximum atomic E-state index is 13.0. The van der Waals surface area contributed by atoms with E-state index in [1.165, 1.54) is 19.3 Å². The van der Waals surface area contributed by atoms with Crippen LogP contribution in [-0.2, 0) is 12.7 Å². The minimum Gasteiger partial charge on any atom is -0.314 e. The highest BCUT2D eigenvalue weighted by atomic mass is 35.5. The molecule has 2 aromatic carbocycles. The number of nitrogens with one attached hydrogen (secondary N) is 1. The Bertz CT molecular complexity index is 1110. The summed E-state index contributed by atoms with van der Waals surface area (Å²) in [5, 5.41) is 7.70. The van der Waals surface area contributed by atoms with Gasteiger partial charge < -0.3 is 10.2 Å². The number of carbonyl (C=O) groups excluding carboxylic acids is 1. The molecule has 1 fully saturated rings. The number of benzene rings is 2. The van der Waals surface area contributed by atoms with Gasteiger partial charge in [-0.15, -0.1) is 0 Å². The summed E-state index contributed by atoms with van der Waals surface area (Å²) in [5.74, 6) is 0.664.